The molecule has 2 aliphatic rings. The van der Waals surface area contributed by atoms with Gasteiger partial charge in [-0.3, -0.25) is 0 Å². The Kier molecular flexibility index (Phi) is 4.86. The van der Waals surface area contributed by atoms with E-state index in [1.54, 1.807) is 11.8 Å². The lowest BCUT2D eigenvalue weighted by atomic mass is 9.99. The summed E-state index contributed by atoms with van der Waals surface area (Å²) in [4.78, 5) is 8.12. The average molecular weight is 372 g/mol. The van der Waals surface area contributed by atoms with E-state index in [4.69, 9.17) is 5.73 Å². The lowest BCUT2D eigenvalue weighted by molar-refractivity contribution is 0.0271. The number of rotatable bonds is 5. The quantitative estimate of drug-likeness (QED) is 0.620. The summed E-state index contributed by atoms with van der Waals surface area (Å²) in [5.41, 5.74) is 8.06. The van der Waals surface area contributed by atoms with Crippen LogP contribution in [0.1, 0.15) is 17.3 Å². The second-order valence-corrected chi connectivity index (χ2v) is 7.46. The van der Waals surface area contributed by atoms with Crippen LogP contribution < -0.4 is 11.1 Å². The molecule has 1 aromatic carbocycles. The molecule has 26 heavy (non-hydrogen) atoms. The van der Waals surface area contributed by atoms with Gasteiger partial charge in [0, 0.05) is 17.5 Å². The minimum absolute atomic E-state index is 0.234. The first-order valence-electron chi connectivity index (χ1n) is 8.40. The maximum Gasteiger partial charge on any atom is 0.155 e. The Morgan fingerprint density at radius 3 is 2.73 bits per heavy atom. The van der Waals surface area contributed by atoms with Crippen molar-refractivity contribution in [2.75, 3.05) is 11.5 Å². The van der Waals surface area contributed by atoms with E-state index in [2.05, 4.69) is 37.6 Å². The van der Waals surface area contributed by atoms with Crippen LogP contribution in [0.15, 0.2) is 46.9 Å². The van der Waals surface area contributed by atoms with Crippen LogP contribution in [-0.4, -0.2) is 50.2 Å². The zero-order valence-electron chi connectivity index (χ0n) is 13.9. The van der Waals surface area contributed by atoms with Gasteiger partial charge in [0.15, 0.2) is 11.5 Å². The molecule has 9 heteroatoms. The van der Waals surface area contributed by atoms with Crippen LogP contribution in [0.5, 0.6) is 0 Å². The third kappa shape index (κ3) is 3.18. The molecule has 1 aromatic heterocycles. The van der Waals surface area contributed by atoms with Gasteiger partial charge in [0.1, 0.15) is 18.1 Å². The molecule has 0 saturated carbocycles. The Bertz CT molecular complexity index is 805. The molecule has 3 heterocycles. The summed E-state index contributed by atoms with van der Waals surface area (Å²) < 4.78 is 0. The molecule has 0 bridgehead atoms. The molecule has 0 spiro atoms. The van der Waals surface area contributed by atoms with Crippen LogP contribution in [0.4, 0.5) is 11.5 Å². The Labute approximate surface area is 155 Å². The number of anilines is 1. The van der Waals surface area contributed by atoms with E-state index < -0.39 is 24.3 Å². The zero-order chi connectivity index (χ0) is 18.1. The summed E-state index contributed by atoms with van der Waals surface area (Å²) in [6.45, 7) is 0. The maximum atomic E-state index is 10.5. The van der Waals surface area contributed by atoms with E-state index in [1.165, 1.54) is 11.9 Å². The summed E-state index contributed by atoms with van der Waals surface area (Å²) >= 11 is 1.71. The number of aliphatic hydroxyl groups is 2. The van der Waals surface area contributed by atoms with Crippen molar-refractivity contribution in [3.8, 4) is 0 Å². The van der Waals surface area contributed by atoms with Crippen molar-refractivity contribution < 1.29 is 10.2 Å². The van der Waals surface area contributed by atoms with E-state index in [-0.39, 0.29) is 11.9 Å². The molecule has 0 radical (unpaired) electrons. The minimum Gasteiger partial charge on any atom is -0.389 e. The van der Waals surface area contributed by atoms with Crippen LogP contribution >= 0.6 is 11.8 Å². The lowest BCUT2D eigenvalue weighted by Gasteiger charge is -2.19. The number of thioether (sulfide) groups is 1. The van der Waals surface area contributed by atoms with Gasteiger partial charge >= 0.3 is 0 Å². The first-order valence-corrected chi connectivity index (χ1v) is 9.55. The second-order valence-electron chi connectivity index (χ2n) is 6.43. The van der Waals surface area contributed by atoms with Crippen LogP contribution in [0.25, 0.3) is 0 Å². The van der Waals surface area contributed by atoms with E-state index in [0.29, 0.717) is 17.1 Å². The third-order valence-corrected chi connectivity index (χ3v) is 5.86. The molecule has 1 unspecified atom stereocenters. The number of nitrogens with zero attached hydrogens (tertiary/aromatic N) is 4. The van der Waals surface area contributed by atoms with Gasteiger partial charge in [-0.2, -0.15) is 16.9 Å². The van der Waals surface area contributed by atoms with Crippen molar-refractivity contribution in [1.29, 1.82) is 0 Å². The summed E-state index contributed by atoms with van der Waals surface area (Å²) in [6, 6.07) is 8.97. The largest absolute Gasteiger partial charge is 0.389 e. The number of aromatic nitrogens is 2. The second kappa shape index (κ2) is 7.28. The van der Waals surface area contributed by atoms with Crippen molar-refractivity contribution in [2.24, 2.45) is 10.2 Å². The molecular formula is C17H20N6O2S. The van der Waals surface area contributed by atoms with Crippen molar-refractivity contribution in [3.63, 3.8) is 0 Å². The van der Waals surface area contributed by atoms with E-state index in [9.17, 15) is 10.2 Å². The summed E-state index contributed by atoms with van der Waals surface area (Å²) in [7, 11) is 0. The number of azo groups is 1. The van der Waals surface area contributed by atoms with Gasteiger partial charge < -0.3 is 21.3 Å². The number of hydrogen-bond donors (Lipinski definition) is 4. The highest BCUT2D eigenvalue weighted by Crippen LogP contribution is 2.41. The standard InChI is InChI=1S/C17H20N6O2S/c18-17-14-11(19-8-20-17)12(22-23-14)13-16(25)15(24)10(21-13)7-26-6-9-4-2-1-3-5-9/h1-5,8,10,12-13,15-16,21,24-25H,6-7H2,(H2,18,19,20)/t10-,12?,13+,15-,16+/m0/s1. The summed E-state index contributed by atoms with van der Waals surface area (Å²) in [5, 5.41) is 32.5. The molecule has 136 valence electrons. The van der Waals surface area contributed by atoms with Crippen molar-refractivity contribution in [2.45, 2.75) is 36.1 Å². The predicted molar refractivity (Wildman–Crippen MR) is 99.0 cm³/mol. The smallest absolute Gasteiger partial charge is 0.155 e. The highest BCUT2D eigenvalue weighted by Gasteiger charge is 2.47. The molecule has 2 aromatic rings. The van der Waals surface area contributed by atoms with Gasteiger partial charge in [-0.1, -0.05) is 30.3 Å². The number of benzene rings is 1. The number of hydrogen-bond acceptors (Lipinski definition) is 9. The zero-order valence-corrected chi connectivity index (χ0v) is 14.8. The summed E-state index contributed by atoms with van der Waals surface area (Å²) in [5.74, 6) is 1.79. The maximum absolute atomic E-state index is 10.5. The SMILES string of the molecule is Nc1ncnc2c1N=NC2[C@H]1N[C@@H](CSCc2ccccc2)[C@H](O)[C@@H]1O. The van der Waals surface area contributed by atoms with Crippen LogP contribution in [0, 0.1) is 0 Å². The molecule has 5 atom stereocenters. The van der Waals surface area contributed by atoms with E-state index in [1.807, 2.05) is 18.2 Å². The van der Waals surface area contributed by atoms with Gasteiger partial charge in [0.05, 0.1) is 18.2 Å². The fourth-order valence-corrected chi connectivity index (χ4v) is 4.43. The van der Waals surface area contributed by atoms with Crippen LogP contribution in [0.3, 0.4) is 0 Å². The lowest BCUT2D eigenvalue weighted by Crippen LogP contribution is -2.38. The van der Waals surface area contributed by atoms with Crippen LogP contribution in [-0.2, 0) is 5.75 Å². The van der Waals surface area contributed by atoms with Gasteiger partial charge in [0.2, 0.25) is 0 Å². The first-order chi connectivity index (χ1) is 12.6. The fraction of sp³-hybridized carbons (Fsp3) is 0.412. The summed E-state index contributed by atoms with van der Waals surface area (Å²) in [6.07, 6.45) is -0.465. The number of fused-ring (bicyclic) bond motifs is 1. The Morgan fingerprint density at radius 1 is 1.12 bits per heavy atom. The van der Waals surface area contributed by atoms with Crippen molar-refractivity contribution >= 4 is 23.3 Å². The van der Waals surface area contributed by atoms with E-state index in [0.717, 1.165) is 5.75 Å². The van der Waals surface area contributed by atoms with Crippen molar-refractivity contribution in [1.82, 2.24) is 15.3 Å². The van der Waals surface area contributed by atoms with Gasteiger partial charge in [-0.25, -0.2) is 9.97 Å². The Balaban J connectivity index is 1.41. The Hall–Kier alpha value is -2.07. The topological polar surface area (TPSA) is 129 Å². The first kappa shape index (κ1) is 17.3. The number of nitrogens with one attached hydrogen (secondary N) is 1. The Morgan fingerprint density at radius 2 is 1.92 bits per heavy atom. The normalized spacial score (nSPS) is 29.8. The predicted octanol–water partition coefficient (Wildman–Crippen LogP) is 1.19. The molecule has 4 rings (SSSR count). The molecule has 0 aliphatic carbocycles. The van der Waals surface area contributed by atoms with Crippen LogP contribution in [0.2, 0.25) is 0 Å². The molecule has 0 amide bonds. The number of aliphatic hydroxyl groups excluding tert-OH is 2. The molecule has 8 nitrogen and oxygen atoms in total. The van der Waals surface area contributed by atoms with E-state index >= 15 is 0 Å². The van der Waals surface area contributed by atoms with Gasteiger partial charge in [-0.15, -0.1) is 5.11 Å². The fourth-order valence-electron chi connectivity index (χ4n) is 3.34. The molecule has 1 saturated heterocycles. The minimum atomic E-state index is -0.955. The number of nitrogens with two attached hydrogens (primary N) is 1. The highest BCUT2D eigenvalue weighted by atomic mass is 32.2. The average Bonchev–Trinajstić information content (AvgIpc) is 3.20. The van der Waals surface area contributed by atoms with Gasteiger partial charge in [-0.05, 0) is 5.56 Å². The molecule has 1 fully saturated rings. The number of nitrogen functional groups attached to an aromatic ring is 1. The molecular weight excluding hydrogens is 352 g/mol. The molecule has 2 aliphatic heterocycles. The monoisotopic (exact) mass is 372 g/mol. The third-order valence-electron chi connectivity index (χ3n) is 4.73. The van der Waals surface area contributed by atoms with Gasteiger partial charge in [0.25, 0.3) is 0 Å². The molecule has 5 N–H and O–H groups in total. The van der Waals surface area contributed by atoms with Crippen molar-refractivity contribution in [3.05, 3.63) is 47.9 Å². The highest BCUT2D eigenvalue weighted by molar-refractivity contribution is 7.98.